The molecule has 4 aromatic rings. The number of H-pyrrole nitrogens is 1. The number of nitrogens with two attached hydrogens (primary N) is 1. The van der Waals surface area contributed by atoms with Crippen LogP contribution in [0.1, 0.15) is 38.2 Å². The number of nitrogens with one attached hydrogen (secondary N) is 1. The van der Waals surface area contributed by atoms with Gasteiger partial charge in [-0.05, 0) is 48.6 Å². The number of aromatic amines is 1. The second kappa shape index (κ2) is 8.07. The van der Waals surface area contributed by atoms with Gasteiger partial charge >= 0.3 is 0 Å². The third-order valence-electron chi connectivity index (χ3n) is 5.93. The summed E-state index contributed by atoms with van der Waals surface area (Å²) in [5.41, 5.74) is 11.9. The van der Waals surface area contributed by atoms with Crippen LogP contribution < -0.4 is 10.6 Å². The van der Waals surface area contributed by atoms with Crippen molar-refractivity contribution >= 4 is 16.7 Å². The third kappa shape index (κ3) is 3.77. The Balaban J connectivity index is 1.60. The van der Waals surface area contributed by atoms with E-state index in [-0.39, 0.29) is 6.04 Å². The van der Waals surface area contributed by atoms with Crippen LogP contribution in [0.2, 0.25) is 0 Å². The minimum absolute atomic E-state index is 0.193. The van der Waals surface area contributed by atoms with Gasteiger partial charge in [-0.2, -0.15) is 5.10 Å². The average molecular weight is 414 g/mol. The van der Waals surface area contributed by atoms with E-state index in [1.807, 2.05) is 24.5 Å². The van der Waals surface area contributed by atoms with Crippen LogP contribution >= 0.6 is 0 Å². The molecule has 31 heavy (non-hydrogen) atoms. The molecule has 158 valence electrons. The molecule has 4 aromatic heterocycles. The number of hydrogen-bond acceptors (Lipinski definition) is 6. The van der Waals surface area contributed by atoms with Gasteiger partial charge in [0.15, 0.2) is 0 Å². The Hall–Kier alpha value is -3.32. The summed E-state index contributed by atoms with van der Waals surface area (Å²) in [6, 6.07) is 10.4. The van der Waals surface area contributed by atoms with Crippen LogP contribution in [0.25, 0.3) is 33.5 Å². The number of fused-ring (bicyclic) bond motifs is 1. The SMILES string of the molecule is CC(C)c1ccc(-c2n[nH]c3cnc(-c4cccnc4)cc23)nc1N1CCCC(N)C1. The van der Waals surface area contributed by atoms with E-state index < -0.39 is 0 Å². The van der Waals surface area contributed by atoms with Crippen LogP contribution in [0.15, 0.2) is 48.9 Å². The van der Waals surface area contributed by atoms with E-state index in [2.05, 4.69) is 57.1 Å². The highest BCUT2D eigenvalue weighted by Gasteiger charge is 2.23. The Kier molecular flexibility index (Phi) is 5.11. The molecule has 1 atom stereocenters. The summed E-state index contributed by atoms with van der Waals surface area (Å²) in [6.45, 7) is 6.24. The molecule has 5 heterocycles. The number of pyridine rings is 3. The normalized spacial score (nSPS) is 16.9. The van der Waals surface area contributed by atoms with E-state index in [9.17, 15) is 0 Å². The van der Waals surface area contributed by atoms with Crippen molar-refractivity contribution in [2.75, 3.05) is 18.0 Å². The minimum atomic E-state index is 0.193. The summed E-state index contributed by atoms with van der Waals surface area (Å²) in [6.07, 6.45) is 7.57. The van der Waals surface area contributed by atoms with Crippen LogP contribution in [0, 0.1) is 0 Å². The molecule has 1 fully saturated rings. The van der Waals surface area contributed by atoms with Gasteiger partial charge in [0.2, 0.25) is 0 Å². The molecule has 3 N–H and O–H groups in total. The fraction of sp³-hybridized carbons (Fsp3) is 0.333. The summed E-state index contributed by atoms with van der Waals surface area (Å²) in [4.78, 5) is 16.2. The van der Waals surface area contributed by atoms with Crippen molar-refractivity contribution in [3.8, 4) is 22.6 Å². The zero-order chi connectivity index (χ0) is 21.4. The highest BCUT2D eigenvalue weighted by molar-refractivity contribution is 5.93. The van der Waals surface area contributed by atoms with E-state index >= 15 is 0 Å². The first-order chi connectivity index (χ1) is 15.1. The Morgan fingerprint density at radius 1 is 1.16 bits per heavy atom. The number of nitrogens with zero attached hydrogens (tertiary/aromatic N) is 5. The quantitative estimate of drug-likeness (QED) is 0.522. The molecule has 0 aliphatic carbocycles. The summed E-state index contributed by atoms with van der Waals surface area (Å²) < 4.78 is 0. The highest BCUT2D eigenvalue weighted by Crippen LogP contribution is 2.33. The van der Waals surface area contributed by atoms with Crippen molar-refractivity contribution in [3.05, 3.63) is 54.5 Å². The van der Waals surface area contributed by atoms with Crippen LogP contribution in [0.5, 0.6) is 0 Å². The average Bonchev–Trinajstić information content (AvgIpc) is 3.22. The summed E-state index contributed by atoms with van der Waals surface area (Å²) in [5.74, 6) is 1.41. The predicted molar refractivity (Wildman–Crippen MR) is 124 cm³/mol. The molecule has 7 nitrogen and oxygen atoms in total. The first-order valence-corrected chi connectivity index (χ1v) is 10.9. The molecule has 1 saturated heterocycles. The Morgan fingerprint density at radius 2 is 2.06 bits per heavy atom. The van der Waals surface area contributed by atoms with Crippen molar-refractivity contribution in [1.29, 1.82) is 0 Å². The minimum Gasteiger partial charge on any atom is -0.355 e. The first-order valence-electron chi connectivity index (χ1n) is 10.9. The number of rotatable bonds is 4. The maximum atomic E-state index is 6.27. The van der Waals surface area contributed by atoms with Gasteiger partial charge in [-0.3, -0.25) is 15.1 Å². The zero-order valence-corrected chi connectivity index (χ0v) is 17.9. The Labute approximate surface area is 181 Å². The van der Waals surface area contributed by atoms with Crippen LogP contribution in [-0.4, -0.2) is 44.3 Å². The fourth-order valence-corrected chi connectivity index (χ4v) is 4.28. The molecule has 0 spiro atoms. The Bertz CT molecular complexity index is 1200. The van der Waals surface area contributed by atoms with E-state index in [0.717, 1.165) is 65.3 Å². The maximum Gasteiger partial charge on any atom is 0.132 e. The van der Waals surface area contributed by atoms with Gasteiger partial charge in [-0.1, -0.05) is 19.9 Å². The van der Waals surface area contributed by atoms with Crippen molar-refractivity contribution in [3.63, 3.8) is 0 Å². The van der Waals surface area contributed by atoms with Gasteiger partial charge < -0.3 is 10.6 Å². The van der Waals surface area contributed by atoms with Gasteiger partial charge in [0.05, 0.1) is 23.1 Å². The van der Waals surface area contributed by atoms with E-state index in [1.165, 1.54) is 5.56 Å². The van der Waals surface area contributed by atoms with E-state index in [1.54, 1.807) is 6.20 Å². The zero-order valence-electron chi connectivity index (χ0n) is 17.9. The second-order valence-electron chi connectivity index (χ2n) is 8.54. The lowest BCUT2D eigenvalue weighted by Crippen LogP contribution is -2.43. The van der Waals surface area contributed by atoms with Crippen molar-refractivity contribution in [2.45, 2.75) is 38.6 Å². The molecule has 0 aromatic carbocycles. The first kappa shape index (κ1) is 19.6. The highest BCUT2D eigenvalue weighted by atomic mass is 15.2. The summed E-state index contributed by atoms with van der Waals surface area (Å²) in [5, 5.41) is 8.70. The van der Waals surface area contributed by atoms with Gasteiger partial charge in [0.1, 0.15) is 11.5 Å². The van der Waals surface area contributed by atoms with Gasteiger partial charge in [0, 0.05) is 42.5 Å². The number of hydrogen-bond donors (Lipinski definition) is 2. The second-order valence-corrected chi connectivity index (χ2v) is 8.54. The third-order valence-corrected chi connectivity index (χ3v) is 5.93. The Morgan fingerprint density at radius 3 is 2.84 bits per heavy atom. The molecule has 0 radical (unpaired) electrons. The number of anilines is 1. The molecule has 7 heteroatoms. The molecule has 5 rings (SSSR count). The number of piperidine rings is 1. The fourth-order valence-electron chi connectivity index (χ4n) is 4.28. The van der Waals surface area contributed by atoms with Gasteiger partial charge in [-0.15, -0.1) is 0 Å². The molecule has 1 aliphatic heterocycles. The van der Waals surface area contributed by atoms with E-state index in [0.29, 0.717) is 5.92 Å². The lowest BCUT2D eigenvalue weighted by atomic mass is 10.00. The maximum absolute atomic E-state index is 6.27. The molecule has 0 saturated carbocycles. The van der Waals surface area contributed by atoms with Crippen LogP contribution in [-0.2, 0) is 0 Å². The molecular formula is C24H27N7. The summed E-state index contributed by atoms with van der Waals surface area (Å²) >= 11 is 0. The molecule has 0 bridgehead atoms. The lowest BCUT2D eigenvalue weighted by molar-refractivity contribution is 0.501. The van der Waals surface area contributed by atoms with Gasteiger partial charge in [0.25, 0.3) is 0 Å². The topological polar surface area (TPSA) is 96.6 Å². The molecule has 1 unspecified atom stereocenters. The monoisotopic (exact) mass is 413 g/mol. The van der Waals surface area contributed by atoms with Crippen molar-refractivity contribution in [1.82, 2.24) is 25.1 Å². The van der Waals surface area contributed by atoms with Crippen LogP contribution in [0.4, 0.5) is 5.82 Å². The van der Waals surface area contributed by atoms with Crippen molar-refractivity contribution < 1.29 is 0 Å². The van der Waals surface area contributed by atoms with Gasteiger partial charge in [-0.25, -0.2) is 4.98 Å². The smallest absolute Gasteiger partial charge is 0.132 e. The molecular weight excluding hydrogens is 386 g/mol. The number of aromatic nitrogens is 5. The summed E-state index contributed by atoms with van der Waals surface area (Å²) in [7, 11) is 0. The predicted octanol–water partition coefficient (Wildman–Crippen LogP) is 4.13. The molecule has 0 amide bonds. The largest absolute Gasteiger partial charge is 0.355 e. The van der Waals surface area contributed by atoms with Crippen LogP contribution in [0.3, 0.4) is 0 Å². The van der Waals surface area contributed by atoms with Crippen molar-refractivity contribution in [2.24, 2.45) is 5.73 Å². The van der Waals surface area contributed by atoms with E-state index in [4.69, 9.17) is 10.7 Å². The standard InChI is InChI=1S/C24H27N7/c1-15(2)18-7-8-20(28-24(18)31-10-4-6-17(25)14-31)23-19-11-21(16-5-3-9-26-12-16)27-13-22(19)29-30-23/h3,5,7-9,11-13,15,17H,4,6,10,14,25H2,1-2H3,(H,29,30). The molecule has 1 aliphatic rings. The lowest BCUT2D eigenvalue weighted by Gasteiger charge is -2.33.